The second-order valence-electron chi connectivity index (χ2n) is 6.08. The molecule has 22 heavy (non-hydrogen) atoms. The molecule has 0 bridgehead atoms. The fourth-order valence-electron chi connectivity index (χ4n) is 1.93. The summed E-state index contributed by atoms with van der Waals surface area (Å²) < 4.78 is 2.97. The highest BCUT2D eigenvalue weighted by Gasteiger charge is 2.18. The van der Waals surface area contributed by atoms with Crippen molar-refractivity contribution in [2.75, 3.05) is 11.6 Å². The monoisotopic (exact) mass is 323 g/mol. The van der Waals surface area contributed by atoms with Crippen molar-refractivity contribution in [2.24, 2.45) is 0 Å². The van der Waals surface area contributed by atoms with Crippen LogP contribution in [0.3, 0.4) is 0 Å². The summed E-state index contributed by atoms with van der Waals surface area (Å²) in [7, 11) is 0. The first kappa shape index (κ1) is 16.3. The van der Waals surface area contributed by atoms with Crippen LogP contribution in [0, 0.1) is 13.8 Å². The van der Waals surface area contributed by atoms with Crippen molar-refractivity contribution < 1.29 is 4.79 Å². The second kappa shape index (κ2) is 5.99. The van der Waals surface area contributed by atoms with Crippen LogP contribution in [0.1, 0.15) is 32.2 Å². The highest BCUT2D eigenvalue weighted by atomic mass is 32.2. The molecule has 2 aromatic heterocycles. The quantitative estimate of drug-likeness (QED) is 0.637. The fourth-order valence-corrected chi connectivity index (χ4v) is 2.58. The first-order chi connectivity index (χ1) is 10.2. The number of nitrogens with one attached hydrogen (secondary N) is 1. The number of nitrogen functional groups attached to an aromatic ring is 1. The SMILES string of the molecule is Cc1cc(C)n(-c2nnc(SCC(=O)NC(C)(C)C)n2N)n1. The summed E-state index contributed by atoms with van der Waals surface area (Å²) >= 11 is 1.24. The van der Waals surface area contributed by atoms with Gasteiger partial charge in [0, 0.05) is 11.2 Å². The Morgan fingerprint density at radius 2 is 2.05 bits per heavy atom. The van der Waals surface area contributed by atoms with Crippen molar-refractivity contribution in [1.29, 1.82) is 0 Å². The van der Waals surface area contributed by atoms with Gasteiger partial charge in [0.1, 0.15) is 0 Å². The molecular weight excluding hydrogens is 302 g/mol. The summed E-state index contributed by atoms with van der Waals surface area (Å²) in [6.45, 7) is 9.61. The van der Waals surface area contributed by atoms with Crippen LogP contribution in [0.4, 0.5) is 0 Å². The van der Waals surface area contributed by atoms with E-state index in [4.69, 9.17) is 5.84 Å². The lowest BCUT2D eigenvalue weighted by atomic mass is 10.1. The van der Waals surface area contributed by atoms with Crippen LogP contribution in [0.5, 0.6) is 0 Å². The van der Waals surface area contributed by atoms with Gasteiger partial charge in [0.15, 0.2) is 0 Å². The predicted octanol–water partition coefficient (Wildman–Crippen LogP) is 0.801. The van der Waals surface area contributed by atoms with Gasteiger partial charge < -0.3 is 11.2 Å². The van der Waals surface area contributed by atoms with E-state index in [0.717, 1.165) is 11.4 Å². The summed E-state index contributed by atoms with van der Waals surface area (Å²) in [5, 5.41) is 15.7. The number of carbonyl (C=O) groups is 1. The van der Waals surface area contributed by atoms with Gasteiger partial charge in [0.25, 0.3) is 5.95 Å². The molecule has 0 radical (unpaired) electrons. The average Bonchev–Trinajstić information content (AvgIpc) is 2.87. The molecule has 0 spiro atoms. The van der Waals surface area contributed by atoms with E-state index in [2.05, 4.69) is 20.6 Å². The lowest BCUT2D eigenvalue weighted by molar-refractivity contribution is -0.119. The molecule has 0 fully saturated rings. The van der Waals surface area contributed by atoms with E-state index in [-0.39, 0.29) is 17.2 Å². The number of nitrogens with zero attached hydrogens (tertiary/aromatic N) is 5. The van der Waals surface area contributed by atoms with Gasteiger partial charge in [-0.05, 0) is 40.7 Å². The van der Waals surface area contributed by atoms with Gasteiger partial charge in [-0.3, -0.25) is 4.79 Å². The molecule has 9 heteroatoms. The van der Waals surface area contributed by atoms with Crippen LogP contribution in [0.25, 0.3) is 5.95 Å². The van der Waals surface area contributed by atoms with Crippen LogP contribution in [0.15, 0.2) is 11.2 Å². The summed E-state index contributed by atoms with van der Waals surface area (Å²) in [5.74, 6) is 6.58. The summed E-state index contributed by atoms with van der Waals surface area (Å²) in [6, 6.07) is 1.93. The van der Waals surface area contributed by atoms with Gasteiger partial charge >= 0.3 is 0 Å². The topological polar surface area (TPSA) is 104 Å². The van der Waals surface area contributed by atoms with Crippen LogP contribution < -0.4 is 11.2 Å². The number of thioether (sulfide) groups is 1. The zero-order valence-electron chi connectivity index (χ0n) is 13.4. The molecule has 0 unspecified atom stereocenters. The zero-order chi connectivity index (χ0) is 16.5. The molecule has 0 aromatic carbocycles. The molecule has 0 aliphatic rings. The highest BCUT2D eigenvalue weighted by Crippen LogP contribution is 2.17. The van der Waals surface area contributed by atoms with E-state index in [0.29, 0.717) is 11.1 Å². The van der Waals surface area contributed by atoms with Gasteiger partial charge in [-0.25, -0.2) is 9.36 Å². The van der Waals surface area contributed by atoms with E-state index in [1.54, 1.807) is 4.68 Å². The third-order valence-corrected chi connectivity index (χ3v) is 3.64. The molecule has 1 amide bonds. The number of aromatic nitrogens is 5. The Kier molecular flexibility index (Phi) is 4.45. The number of hydrogen-bond acceptors (Lipinski definition) is 6. The van der Waals surface area contributed by atoms with Gasteiger partial charge in [-0.2, -0.15) is 5.10 Å². The van der Waals surface area contributed by atoms with Crippen molar-refractivity contribution in [3.63, 3.8) is 0 Å². The highest BCUT2D eigenvalue weighted by molar-refractivity contribution is 7.99. The Bertz CT molecular complexity index is 683. The fraction of sp³-hybridized carbons (Fsp3) is 0.538. The van der Waals surface area contributed by atoms with Crippen molar-refractivity contribution >= 4 is 17.7 Å². The molecule has 8 nitrogen and oxygen atoms in total. The maximum absolute atomic E-state index is 11.8. The van der Waals surface area contributed by atoms with Crippen LogP contribution in [-0.4, -0.2) is 41.9 Å². The van der Waals surface area contributed by atoms with Gasteiger partial charge in [-0.1, -0.05) is 11.8 Å². The average molecular weight is 323 g/mol. The molecule has 2 heterocycles. The zero-order valence-corrected chi connectivity index (χ0v) is 14.2. The minimum Gasteiger partial charge on any atom is -0.351 e. The molecule has 0 saturated heterocycles. The Morgan fingerprint density at radius 1 is 1.36 bits per heavy atom. The molecular formula is C13H21N7OS. The van der Waals surface area contributed by atoms with Crippen LogP contribution in [0.2, 0.25) is 0 Å². The van der Waals surface area contributed by atoms with Crippen LogP contribution >= 0.6 is 11.8 Å². The number of amides is 1. The van der Waals surface area contributed by atoms with Gasteiger partial charge in [-0.15, -0.1) is 10.2 Å². The molecule has 120 valence electrons. The maximum atomic E-state index is 11.8. The lowest BCUT2D eigenvalue weighted by Crippen LogP contribution is -2.41. The first-order valence-corrected chi connectivity index (χ1v) is 7.84. The Morgan fingerprint density at radius 3 is 2.59 bits per heavy atom. The van der Waals surface area contributed by atoms with Gasteiger partial charge in [0.2, 0.25) is 11.1 Å². The lowest BCUT2D eigenvalue weighted by Gasteiger charge is -2.20. The third kappa shape index (κ3) is 3.79. The third-order valence-electron chi connectivity index (χ3n) is 2.69. The van der Waals surface area contributed by atoms with E-state index in [1.165, 1.54) is 16.4 Å². The molecule has 0 saturated carbocycles. The van der Waals surface area contributed by atoms with Crippen molar-refractivity contribution in [3.05, 3.63) is 17.5 Å². The first-order valence-electron chi connectivity index (χ1n) is 6.85. The number of rotatable bonds is 4. The van der Waals surface area contributed by atoms with Crippen LogP contribution in [-0.2, 0) is 4.79 Å². The second-order valence-corrected chi connectivity index (χ2v) is 7.02. The number of carbonyl (C=O) groups excluding carboxylic acids is 1. The van der Waals surface area contributed by atoms with E-state index in [9.17, 15) is 4.79 Å². The summed E-state index contributed by atoms with van der Waals surface area (Å²) in [4.78, 5) is 11.8. The number of hydrogen-bond donors (Lipinski definition) is 2. The Hall–Kier alpha value is -2.03. The summed E-state index contributed by atoms with van der Waals surface area (Å²) in [6.07, 6.45) is 0. The van der Waals surface area contributed by atoms with Crippen molar-refractivity contribution in [2.45, 2.75) is 45.3 Å². The Labute approximate surface area is 133 Å². The van der Waals surface area contributed by atoms with E-state index < -0.39 is 0 Å². The van der Waals surface area contributed by atoms with E-state index in [1.807, 2.05) is 40.7 Å². The summed E-state index contributed by atoms with van der Waals surface area (Å²) in [5.41, 5.74) is 1.53. The molecule has 0 atom stereocenters. The minimum atomic E-state index is -0.261. The molecule has 0 aliphatic heterocycles. The molecule has 2 aromatic rings. The normalized spacial score (nSPS) is 11.7. The van der Waals surface area contributed by atoms with Gasteiger partial charge in [0.05, 0.1) is 11.4 Å². The smallest absolute Gasteiger partial charge is 0.271 e. The molecule has 3 N–H and O–H groups in total. The number of nitrogens with two attached hydrogens (primary N) is 1. The number of aryl methyl sites for hydroxylation is 2. The Balaban J connectivity index is 2.09. The molecule has 2 rings (SSSR count). The predicted molar refractivity (Wildman–Crippen MR) is 85.4 cm³/mol. The molecule has 0 aliphatic carbocycles. The maximum Gasteiger partial charge on any atom is 0.271 e. The standard InChI is InChI=1S/C13H21N7OS/c1-8-6-9(2)20(18-8)11-16-17-12(19(11)14)22-7-10(21)15-13(3,4)5/h6H,7,14H2,1-5H3,(H,15,21). The van der Waals surface area contributed by atoms with E-state index >= 15 is 0 Å². The minimum absolute atomic E-state index is 0.0758. The van der Waals surface area contributed by atoms with Crippen molar-refractivity contribution in [1.82, 2.24) is 30.0 Å². The van der Waals surface area contributed by atoms with Crippen molar-refractivity contribution in [3.8, 4) is 5.95 Å². The largest absolute Gasteiger partial charge is 0.351 e.